The van der Waals surface area contributed by atoms with Gasteiger partial charge in [0.25, 0.3) is 0 Å². The minimum atomic E-state index is 1.27. The Morgan fingerprint density at radius 3 is 2.00 bits per heavy atom. The van der Waals surface area contributed by atoms with E-state index in [9.17, 15) is 0 Å². The zero-order valence-electron chi connectivity index (χ0n) is 11.1. The minimum absolute atomic E-state index is 1.27. The summed E-state index contributed by atoms with van der Waals surface area (Å²) in [6.07, 6.45) is 12.1. The second-order valence-electron chi connectivity index (χ2n) is 3.72. The number of hydrogen-bond donors (Lipinski definition) is 0. The first-order valence-electron chi connectivity index (χ1n) is 6.27. The highest BCUT2D eigenvalue weighted by atomic mass is 14.1. The van der Waals surface area contributed by atoms with Crippen LogP contribution in [0.5, 0.6) is 0 Å². The van der Waals surface area contributed by atoms with Gasteiger partial charge in [0, 0.05) is 0 Å². The van der Waals surface area contributed by atoms with Crippen molar-refractivity contribution in [2.75, 3.05) is 0 Å². The summed E-state index contributed by atoms with van der Waals surface area (Å²) in [7, 11) is 0. The number of rotatable bonds is 1. The molecule has 1 fully saturated rings. The van der Waals surface area contributed by atoms with Crippen molar-refractivity contribution in [1.82, 2.24) is 0 Å². The van der Waals surface area contributed by atoms with Crippen molar-refractivity contribution in [1.29, 1.82) is 0 Å². The van der Waals surface area contributed by atoms with E-state index in [-0.39, 0.29) is 0 Å². The highest BCUT2D eigenvalue weighted by molar-refractivity contribution is 5.37. The van der Waals surface area contributed by atoms with E-state index < -0.39 is 0 Å². The molecule has 0 radical (unpaired) electrons. The second kappa shape index (κ2) is 8.52. The van der Waals surface area contributed by atoms with Gasteiger partial charge in [0.15, 0.2) is 0 Å². The monoisotopic (exact) mass is 206 g/mol. The summed E-state index contributed by atoms with van der Waals surface area (Å²) in [6.45, 7) is 10.4. The van der Waals surface area contributed by atoms with Crippen molar-refractivity contribution >= 4 is 0 Å². The van der Waals surface area contributed by atoms with E-state index in [1.54, 1.807) is 11.1 Å². The van der Waals surface area contributed by atoms with Crippen LogP contribution in [0.2, 0.25) is 0 Å². The van der Waals surface area contributed by atoms with E-state index in [4.69, 9.17) is 0 Å². The van der Waals surface area contributed by atoms with Crippen molar-refractivity contribution in [3.05, 3.63) is 34.9 Å². The summed E-state index contributed by atoms with van der Waals surface area (Å²) in [6, 6.07) is 0. The first-order chi connectivity index (χ1) is 7.27. The smallest absolute Gasteiger partial charge is 0.0276 e. The highest BCUT2D eigenvalue weighted by Gasteiger charge is 2.09. The maximum Gasteiger partial charge on any atom is -0.0276 e. The van der Waals surface area contributed by atoms with Crippen molar-refractivity contribution in [2.24, 2.45) is 0 Å². The lowest BCUT2D eigenvalue weighted by molar-refractivity contribution is 0.677. The third-order valence-electron chi connectivity index (χ3n) is 2.76. The van der Waals surface area contributed by atoms with Crippen LogP contribution in [-0.4, -0.2) is 0 Å². The molecule has 1 saturated carbocycles. The fraction of sp³-hybridized carbons (Fsp3) is 0.600. The molecule has 1 aliphatic rings. The Morgan fingerprint density at radius 1 is 1.00 bits per heavy atom. The van der Waals surface area contributed by atoms with Crippen molar-refractivity contribution < 1.29 is 0 Å². The molecule has 0 N–H and O–H groups in total. The van der Waals surface area contributed by atoms with Crippen LogP contribution < -0.4 is 0 Å². The van der Waals surface area contributed by atoms with E-state index in [2.05, 4.69) is 39.0 Å². The van der Waals surface area contributed by atoms with Gasteiger partial charge in [-0.25, -0.2) is 0 Å². The maximum absolute atomic E-state index is 2.34. The second-order valence-corrected chi connectivity index (χ2v) is 3.72. The lowest BCUT2D eigenvalue weighted by Gasteiger charge is -2.17. The highest BCUT2D eigenvalue weighted by Crippen LogP contribution is 2.29. The first kappa shape index (κ1) is 14.2. The molecule has 0 aromatic rings. The Balaban J connectivity index is 0.000000921. The van der Waals surface area contributed by atoms with Crippen LogP contribution in [0.4, 0.5) is 0 Å². The Labute approximate surface area is 95.8 Å². The minimum Gasteiger partial charge on any atom is -0.0847 e. The van der Waals surface area contributed by atoms with Crippen LogP contribution in [0.15, 0.2) is 34.9 Å². The van der Waals surface area contributed by atoms with Crippen LogP contribution in [0.25, 0.3) is 0 Å². The molecule has 1 aliphatic carbocycles. The van der Waals surface area contributed by atoms with Crippen LogP contribution in [0, 0.1) is 0 Å². The summed E-state index contributed by atoms with van der Waals surface area (Å²) in [5, 5.41) is 0. The van der Waals surface area contributed by atoms with Gasteiger partial charge >= 0.3 is 0 Å². The molecule has 86 valence electrons. The summed E-state index contributed by atoms with van der Waals surface area (Å²) in [4.78, 5) is 0. The van der Waals surface area contributed by atoms with Crippen LogP contribution >= 0.6 is 0 Å². The summed E-state index contributed by atoms with van der Waals surface area (Å²) >= 11 is 0. The first-order valence-corrected chi connectivity index (χ1v) is 6.27. The quantitative estimate of drug-likeness (QED) is 0.537. The maximum atomic E-state index is 2.34. The standard InChI is InChI=1S/C13H20.C2H6/c1-4-11(3)10-13-9-7-6-8-12(13)5-2;1-2/h4-5,10H,6-9H2,1-3H3;1-2H3/b11-4-,12-5-,13-10-;. The molecule has 15 heavy (non-hydrogen) atoms. The fourth-order valence-electron chi connectivity index (χ4n) is 1.80. The number of allylic oxidation sites excluding steroid dienone is 6. The van der Waals surface area contributed by atoms with Crippen molar-refractivity contribution in [2.45, 2.75) is 60.3 Å². The van der Waals surface area contributed by atoms with Crippen molar-refractivity contribution in [3.8, 4) is 0 Å². The SMILES string of the molecule is CC.C\C=C(C)/C=C1/CCCC/C1=C/C. The third kappa shape index (κ3) is 5.01. The summed E-state index contributed by atoms with van der Waals surface area (Å²) < 4.78 is 0. The van der Waals surface area contributed by atoms with Gasteiger partial charge in [-0.1, -0.05) is 37.6 Å². The lowest BCUT2D eigenvalue weighted by Crippen LogP contribution is -1.98. The van der Waals surface area contributed by atoms with E-state index in [1.165, 1.54) is 31.3 Å². The van der Waals surface area contributed by atoms with Gasteiger partial charge in [0.2, 0.25) is 0 Å². The molecule has 0 aliphatic heterocycles. The average Bonchev–Trinajstić information content (AvgIpc) is 2.32. The molecular weight excluding hydrogens is 180 g/mol. The third-order valence-corrected chi connectivity index (χ3v) is 2.76. The predicted molar refractivity (Wildman–Crippen MR) is 71.1 cm³/mol. The molecule has 0 spiro atoms. The van der Waals surface area contributed by atoms with Gasteiger partial charge in [-0.2, -0.15) is 0 Å². The molecule has 0 bridgehead atoms. The molecular formula is C15H26. The molecule has 0 unspecified atom stereocenters. The molecule has 0 aromatic heterocycles. The molecule has 0 saturated heterocycles. The fourth-order valence-corrected chi connectivity index (χ4v) is 1.80. The lowest BCUT2D eigenvalue weighted by atomic mass is 9.88. The Kier molecular flexibility index (Phi) is 8.08. The van der Waals surface area contributed by atoms with Crippen LogP contribution in [0.3, 0.4) is 0 Å². The van der Waals surface area contributed by atoms with E-state index >= 15 is 0 Å². The van der Waals surface area contributed by atoms with Gasteiger partial charge in [0.1, 0.15) is 0 Å². The molecule has 0 nitrogen and oxygen atoms in total. The topological polar surface area (TPSA) is 0 Å². The normalized spacial score (nSPS) is 22.6. The van der Waals surface area contributed by atoms with E-state index in [0.717, 1.165) is 0 Å². The molecule has 0 heterocycles. The van der Waals surface area contributed by atoms with E-state index in [0.29, 0.717) is 0 Å². The molecule has 0 heteroatoms. The van der Waals surface area contributed by atoms with Gasteiger partial charge in [-0.05, 0) is 57.6 Å². The van der Waals surface area contributed by atoms with Gasteiger partial charge in [0.05, 0.1) is 0 Å². The largest absolute Gasteiger partial charge is 0.0847 e. The van der Waals surface area contributed by atoms with Gasteiger partial charge < -0.3 is 0 Å². The average molecular weight is 206 g/mol. The molecule has 0 aromatic carbocycles. The Hall–Kier alpha value is -0.780. The predicted octanol–water partition coefficient (Wildman–Crippen LogP) is 5.43. The van der Waals surface area contributed by atoms with Crippen molar-refractivity contribution in [3.63, 3.8) is 0 Å². The van der Waals surface area contributed by atoms with E-state index in [1.807, 2.05) is 13.8 Å². The zero-order chi connectivity index (χ0) is 11.7. The van der Waals surface area contributed by atoms with Gasteiger partial charge in [-0.15, -0.1) is 0 Å². The Morgan fingerprint density at radius 2 is 1.53 bits per heavy atom. The van der Waals surface area contributed by atoms with Crippen LogP contribution in [0.1, 0.15) is 60.3 Å². The molecule has 1 rings (SSSR count). The summed E-state index contributed by atoms with van der Waals surface area (Å²) in [5.41, 5.74) is 4.51. The summed E-state index contributed by atoms with van der Waals surface area (Å²) in [5.74, 6) is 0. The molecule has 0 atom stereocenters. The van der Waals surface area contributed by atoms with Crippen LogP contribution in [-0.2, 0) is 0 Å². The van der Waals surface area contributed by atoms with Gasteiger partial charge in [-0.3, -0.25) is 0 Å². The Bertz CT molecular complexity index is 251. The number of hydrogen-bond acceptors (Lipinski definition) is 0. The molecule has 0 amide bonds. The zero-order valence-corrected chi connectivity index (χ0v) is 11.1.